The largest absolute Gasteiger partial charge is 0.395 e. The van der Waals surface area contributed by atoms with Crippen LogP contribution in [0.5, 0.6) is 0 Å². The summed E-state index contributed by atoms with van der Waals surface area (Å²) in [6, 6.07) is 3.54. The summed E-state index contributed by atoms with van der Waals surface area (Å²) in [5.41, 5.74) is 7.88. The van der Waals surface area contributed by atoms with Crippen molar-refractivity contribution in [2.75, 3.05) is 5.73 Å². The highest BCUT2D eigenvalue weighted by atomic mass is 16.2. The van der Waals surface area contributed by atoms with Gasteiger partial charge >= 0.3 is 0 Å². The number of nitrogens with two attached hydrogens (primary N) is 1. The molecule has 0 bridgehead atoms. The molecule has 0 radical (unpaired) electrons. The first-order chi connectivity index (χ1) is 8.59. The predicted molar refractivity (Wildman–Crippen MR) is 65.6 cm³/mol. The van der Waals surface area contributed by atoms with Crippen LogP contribution >= 0.6 is 0 Å². The number of carbonyl (C=O) groups excluding carboxylic acids is 1. The molecule has 0 saturated carbocycles. The van der Waals surface area contributed by atoms with E-state index >= 15 is 0 Å². The molecule has 7 heteroatoms. The molecular weight excluding hydrogens is 232 g/mol. The zero-order valence-corrected chi connectivity index (χ0v) is 10.2. The second-order valence-electron chi connectivity index (χ2n) is 3.87. The Morgan fingerprint density at radius 1 is 1.56 bits per heavy atom. The van der Waals surface area contributed by atoms with Crippen LogP contribution in [0.15, 0.2) is 18.3 Å². The number of rotatable bonds is 3. The highest BCUT2D eigenvalue weighted by molar-refractivity contribution is 5.97. The Bertz CT molecular complexity index is 562. The summed E-state index contributed by atoms with van der Waals surface area (Å²) in [4.78, 5) is 12.0. The molecule has 2 aromatic heterocycles. The van der Waals surface area contributed by atoms with Crippen LogP contribution in [0.4, 0.5) is 5.69 Å². The van der Waals surface area contributed by atoms with Crippen molar-refractivity contribution < 1.29 is 4.79 Å². The average molecular weight is 246 g/mol. The van der Waals surface area contributed by atoms with Crippen molar-refractivity contribution in [2.24, 2.45) is 7.05 Å². The maximum Gasteiger partial charge on any atom is 0.272 e. The summed E-state index contributed by atoms with van der Waals surface area (Å²) in [6.45, 7) is 2.06. The molecule has 0 spiro atoms. The Kier molecular flexibility index (Phi) is 3.22. The number of aromatic nitrogens is 4. The van der Waals surface area contributed by atoms with Crippen molar-refractivity contribution in [1.82, 2.24) is 25.3 Å². The summed E-state index contributed by atoms with van der Waals surface area (Å²) in [5, 5.41) is 14.4. The van der Waals surface area contributed by atoms with Crippen molar-refractivity contribution in [3.05, 3.63) is 35.4 Å². The van der Waals surface area contributed by atoms with E-state index in [1.807, 2.05) is 0 Å². The van der Waals surface area contributed by atoms with Gasteiger partial charge < -0.3 is 11.1 Å². The van der Waals surface area contributed by atoms with Gasteiger partial charge in [-0.05, 0) is 19.1 Å². The van der Waals surface area contributed by atoms with Crippen molar-refractivity contribution >= 4 is 11.6 Å². The van der Waals surface area contributed by atoms with Gasteiger partial charge in [0, 0.05) is 13.2 Å². The number of aryl methyl sites for hydroxylation is 2. The lowest BCUT2D eigenvalue weighted by molar-refractivity contribution is 0.0942. The summed E-state index contributed by atoms with van der Waals surface area (Å²) in [5.74, 6) is -0.277. The van der Waals surface area contributed by atoms with Gasteiger partial charge in [0.2, 0.25) is 0 Å². The Hall–Kier alpha value is -2.44. The summed E-state index contributed by atoms with van der Waals surface area (Å²) < 4.78 is 1.47. The lowest BCUT2D eigenvalue weighted by atomic mass is 10.3. The van der Waals surface area contributed by atoms with E-state index in [0.29, 0.717) is 29.3 Å². The predicted octanol–water partition coefficient (Wildman–Crippen LogP) is 0.0307. The maximum atomic E-state index is 12.0. The quantitative estimate of drug-likeness (QED) is 0.796. The number of carbonyl (C=O) groups is 1. The van der Waals surface area contributed by atoms with Crippen LogP contribution in [0.25, 0.3) is 0 Å². The van der Waals surface area contributed by atoms with E-state index in [1.54, 1.807) is 32.3 Å². The minimum atomic E-state index is -0.277. The van der Waals surface area contributed by atoms with E-state index in [1.165, 1.54) is 4.68 Å². The topological polar surface area (TPSA) is 98.7 Å². The van der Waals surface area contributed by atoms with Crippen LogP contribution < -0.4 is 11.1 Å². The number of nitrogens with one attached hydrogen (secondary N) is 1. The Labute approximate surface area is 104 Å². The molecule has 0 unspecified atom stereocenters. The molecule has 2 heterocycles. The minimum Gasteiger partial charge on any atom is -0.395 e. The number of hydrogen-bond donors (Lipinski definition) is 2. The van der Waals surface area contributed by atoms with Gasteiger partial charge in [0.05, 0.1) is 23.6 Å². The van der Waals surface area contributed by atoms with E-state index < -0.39 is 0 Å². The fourth-order valence-electron chi connectivity index (χ4n) is 1.63. The molecule has 2 rings (SSSR count). The van der Waals surface area contributed by atoms with E-state index in [0.717, 1.165) is 0 Å². The van der Waals surface area contributed by atoms with Gasteiger partial charge in [-0.3, -0.25) is 9.48 Å². The number of anilines is 1. The van der Waals surface area contributed by atoms with Crippen LogP contribution in [-0.4, -0.2) is 25.9 Å². The molecule has 18 heavy (non-hydrogen) atoms. The number of nitrogens with zero attached hydrogens (tertiary/aromatic N) is 4. The van der Waals surface area contributed by atoms with Gasteiger partial charge in [0.25, 0.3) is 5.91 Å². The highest BCUT2D eigenvalue weighted by Gasteiger charge is 2.17. The third-order valence-corrected chi connectivity index (χ3v) is 2.54. The van der Waals surface area contributed by atoms with Gasteiger partial charge in [-0.25, -0.2) is 0 Å². The SMILES string of the molecule is Cc1nn(C)c(C(=O)NCc2cccnn2)c1N. The normalized spacial score (nSPS) is 10.3. The molecule has 0 aliphatic heterocycles. The molecule has 0 aromatic carbocycles. The standard InChI is InChI=1S/C11H14N6O/c1-7-9(12)10(17(2)16-7)11(18)13-6-8-4-3-5-14-15-8/h3-5H,6,12H2,1-2H3,(H,13,18). The molecule has 94 valence electrons. The maximum absolute atomic E-state index is 12.0. The van der Waals surface area contributed by atoms with Gasteiger partial charge in [0.1, 0.15) is 5.69 Å². The molecule has 0 fully saturated rings. The van der Waals surface area contributed by atoms with E-state index in [-0.39, 0.29) is 5.91 Å². The summed E-state index contributed by atoms with van der Waals surface area (Å²) in [7, 11) is 1.68. The van der Waals surface area contributed by atoms with Crippen molar-refractivity contribution in [2.45, 2.75) is 13.5 Å². The minimum absolute atomic E-state index is 0.277. The fraction of sp³-hybridized carbons (Fsp3) is 0.273. The molecule has 0 saturated heterocycles. The Balaban J connectivity index is 2.09. The zero-order valence-electron chi connectivity index (χ0n) is 10.2. The molecule has 0 atom stereocenters. The number of amides is 1. The first kappa shape index (κ1) is 12.0. The van der Waals surface area contributed by atoms with Crippen molar-refractivity contribution in [3.8, 4) is 0 Å². The third-order valence-electron chi connectivity index (χ3n) is 2.54. The van der Waals surface area contributed by atoms with Crippen molar-refractivity contribution in [1.29, 1.82) is 0 Å². The average Bonchev–Trinajstić information content (AvgIpc) is 2.62. The fourth-order valence-corrected chi connectivity index (χ4v) is 1.63. The van der Waals surface area contributed by atoms with Crippen LogP contribution in [0.2, 0.25) is 0 Å². The molecule has 7 nitrogen and oxygen atoms in total. The Morgan fingerprint density at radius 3 is 2.89 bits per heavy atom. The van der Waals surface area contributed by atoms with Crippen molar-refractivity contribution in [3.63, 3.8) is 0 Å². The summed E-state index contributed by atoms with van der Waals surface area (Å²) >= 11 is 0. The van der Waals surface area contributed by atoms with Crippen LogP contribution in [0.3, 0.4) is 0 Å². The van der Waals surface area contributed by atoms with E-state index in [4.69, 9.17) is 5.73 Å². The monoisotopic (exact) mass is 246 g/mol. The molecule has 0 aliphatic carbocycles. The van der Waals surface area contributed by atoms with Gasteiger partial charge in [0.15, 0.2) is 0 Å². The highest BCUT2D eigenvalue weighted by Crippen LogP contribution is 2.14. The van der Waals surface area contributed by atoms with Crippen LogP contribution in [-0.2, 0) is 13.6 Å². The number of hydrogen-bond acceptors (Lipinski definition) is 5. The molecular formula is C11H14N6O. The lowest BCUT2D eigenvalue weighted by Crippen LogP contribution is -2.26. The van der Waals surface area contributed by atoms with Crippen LogP contribution in [0, 0.1) is 6.92 Å². The number of nitrogen functional groups attached to an aromatic ring is 1. The molecule has 2 aromatic rings. The second-order valence-corrected chi connectivity index (χ2v) is 3.87. The van der Waals surface area contributed by atoms with Gasteiger partial charge in [-0.2, -0.15) is 15.3 Å². The first-order valence-electron chi connectivity index (χ1n) is 5.43. The molecule has 1 amide bonds. The van der Waals surface area contributed by atoms with Gasteiger partial charge in [-0.1, -0.05) is 0 Å². The second kappa shape index (κ2) is 4.82. The first-order valence-corrected chi connectivity index (χ1v) is 5.43. The van der Waals surface area contributed by atoms with Crippen LogP contribution in [0.1, 0.15) is 21.9 Å². The third kappa shape index (κ3) is 2.29. The summed E-state index contributed by atoms with van der Waals surface area (Å²) in [6.07, 6.45) is 1.58. The zero-order chi connectivity index (χ0) is 13.1. The smallest absolute Gasteiger partial charge is 0.272 e. The van der Waals surface area contributed by atoms with Gasteiger partial charge in [-0.15, -0.1) is 0 Å². The lowest BCUT2D eigenvalue weighted by Gasteiger charge is -2.05. The molecule has 0 aliphatic rings. The molecule has 3 N–H and O–H groups in total. The Morgan fingerprint density at radius 2 is 2.33 bits per heavy atom. The van der Waals surface area contributed by atoms with E-state index in [2.05, 4.69) is 20.6 Å². The van der Waals surface area contributed by atoms with E-state index in [9.17, 15) is 4.79 Å².